The Bertz CT molecular complexity index is 435. The van der Waals surface area contributed by atoms with Gasteiger partial charge in [-0.15, -0.1) is 11.3 Å². The molecule has 1 N–H and O–H groups in total. The van der Waals surface area contributed by atoms with E-state index < -0.39 is 19.0 Å². The fourth-order valence-corrected chi connectivity index (χ4v) is 2.68. The Morgan fingerprint density at radius 3 is 2.57 bits per heavy atom. The first-order chi connectivity index (χ1) is 9.72. The molecule has 0 aliphatic heterocycles. The Morgan fingerprint density at radius 2 is 2.00 bits per heavy atom. The van der Waals surface area contributed by atoms with Gasteiger partial charge in [0.15, 0.2) is 0 Å². The molecule has 0 aliphatic carbocycles. The number of thiophene rings is 1. The normalized spacial score (nSPS) is 12.6. The summed E-state index contributed by atoms with van der Waals surface area (Å²) in [7, 11) is 0. The number of rotatable bonds is 9. The number of alkyl halides is 4. The maximum absolute atomic E-state index is 12.7. The van der Waals surface area contributed by atoms with Crippen molar-refractivity contribution in [3.63, 3.8) is 0 Å². The van der Waals surface area contributed by atoms with Crippen LogP contribution in [0.4, 0.5) is 17.6 Å². The van der Waals surface area contributed by atoms with E-state index in [0.29, 0.717) is 12.5 Å². The third-order valence-corrected chi connectivity index (χ3v) is 3.89. The van der Waals surface area contributed by atoms with E-state index in [1.54, 1.807) is 11.3 Å². The first kappa shape index (κ1) is 18.4. The highest BCUT2D eigenvalue weighted by Gasteiger charge is 2.40. The summed E-state index contributed by atoms with van der Waals surface area (Å²) in [6.07, 6.45) is -3.70. The molecule has 0 amide bonds. The Morgan fingerprint density at radius 1 is 1.33 bits per heavy atom. The Labute approximate surface area is 126 Å². The molecule has 21 heavy (non-hydrogen) atoms. The molecule has 0 unspecified atom stereocenters. The molecule has 1 aromatic heterocycles. The highest BCUT2D eigenvalue weighted by atomic mass is 32.1. The first-order valence-electron chi connectivity index (χ1n) is 6.75. The van der Waals surface area contributed by atoms with Crippen LogP contribution in [0.2, 0.25) is 0 Å². The van der Waals surface area contributed by atoms with Crippen LogP contribution in [0.15, 0.2) is 6.07 Å². The van der Waals surface area contributed by atoms with Crippen molar-refractivity contribution in [1.29, 1.82) is 0 Å². The molecular formula is C14H21F4NOS. The van der Waals surface area contributed by atoms with Crippen molar-refractivity contribution < 1.29 is 22.3 Å². The molecule has 1 rings (SSSR count). The zero-order valence-electron chi connectivity index (χ0n) is 12.4. The SMILES string of the molecule is Cc1sc(CNCC(C)C)cc1COCC(F)(F)C(F)F. The maximum Gasteiger partial charge on any atom is 0.330 e. The van der Waals surface area contributed by atoms with Crippen LogP contribution in [0.3, 0.4) is 0 Å². The summed E-state index contributed by atoms with van der Waals surface area (Å²) in [5, 5.41) is 3.29. The van der Waals surface area contributed by atoms with E-state index in [4.69, 9.17) is 4.74 Å². The third-order valence-electron chi connectivity index (χ3n) is 2.79. The minimum absolute atomic E-state index is 0.0746. The monoisotopic (exact) mass is 327 g/mol. The van der Waals surface area contributed by atoms with Crippen LogP contribution < -0.4 is 5.32 Å². The summed E-state index contributed by atoms with van der Waals surface area (Å²) >= 11 is 1.55. The molecule has 0 aliphatic rings. The van der Waals surface area contributed by atoms with Gasteiger partial charge >= 0.3 is 12.3 Å². The topological polar surface area (TPSA) is 21.3 Å². The lowest BCUT2D eigenvalue weighted by molar-refractivity contribution is -0.168. The van der Waals surface area contributed by atoms with Crippen LogP contribution in [-0.2, 0) is 17.9 Å². The third kappa shape index (κ3) is 6.32. The smallest absolute Gasteiger partial charge is 0.330 e. The zero-order chi connectivity index (χ0) is 16.0. The molecule has 0 bridgehead atoms. The predicted octanol–water partition coefficient (Wildman–Crippen LogP) is 4.22. The largest absolute Gasteiger partial charge is 0.370 e. The van der Waals surface area contributed by atoms with Gasteiger partial charge in [-0.1, -0.05) is 13.8 Å². The molecule has 0 saturated heterocycles. The lowest BCUT2D eigenvalue weighted by Crippen LogP contribution is -2.32. The zero-order valence-corrected chi connectivity index (χ0v) is 13.2. The number of nitrogens with one attached hydrogen (secondary N) is 1. The fraction of sp³-hybridized carbons (Fsp3) is 0.714. The lowest BCUT2D eigenvalue weighted by Gasteiger charge is -2.14. The van der Waals surface area contributed by atoms with Crippen molar-refractivity contribution in [2.24, 2.45) is 5.92 Å². The van der Waals surface area contributed by atoms with Gasteiger partial charge < -0.3 is 10.1 Å². The molecule has 0 radical (unpaired) electrons. The van der Waals surface area contributed by atoms with E-state index in [0.717, 1.165) is 21.9 Å². The Hall–Kier alpha value is -0.660. The molecule has 1 aromatic rings. The molecule has 0 atom stereocenters. The second-order valence-corrected chi connectivity index (χ2v) is 6.71. The van der Waals surface area contributed by atoms with E-state index in [9.17, 15) is 17.6 Å². The quantitative estimate of drug-likeness (QED) is 0.686. The summed E-state index contributed by atoms with van der Waals surface area (Å²) in [5.41, 5.74) is 0.770. The van der Waals surface area contributed by atoms with E-state index >= 15 is 0 Å². The van der Waals surface area contributed by atoms with Gasteiger partial charge in [-0.05, 0) is 31.0 Å². The van der Waals surface area contributed by atoms with Crippen LogP contribution in [-0.4, -0.2) is 25.5 Å². The van der Waals surface area contributed by atoms with E-state index in [-0.39, 0.29) is 6.61 Å². The predicted molar refractivity (Wildman–Crippen MR) is 76.2 cm³/mol. The molecule has 0 saturated carbocycles. The minimum atomic E-state index is -4.09. The van der Waals surface area contributed by atoms with Crippen molar-refractivity contribution in [1.82, 2.24) is 5.32 Å². The van der Waals surface area contributed by atoms with Crippen molar-refractivity contribution in [2.45, 2.75) is 46.3 Å². The fourth-order valence-electron chi connectivity index (χ4n) is 1.66. The summed E-state index contributed by atoms with van der Waals surface area (Å²) in [5.74, 6) is -3.54. The van der Waals surface area contributed by atoms with Crippen LogP contribution in [0.1, 0.15) is 29.2 Å². The second-order valence-electron chi connectivity index (χ2n) is 5.37. The highest BCUT2D eigenvalue weighted by molar-refractivity contribution is 7.12. The van der Waals surface area contributed by atoms with Crippen molar-refractivity contribution in [3.8, 4) is 0 Å². The standard InChI is InChI=1S/C14H21F4NOS/c1-9(2)5-19-6-12-4-11(10(3)21-12)7-20-8-14(17,18)13(15)16/h4,9,13,19H,5-8H2,1-3H3. The average Bonchev–Trinajstić information content (AvgIpc) is 2.69. The van der Waals surface area contributed by atoms with Crippen LogP contribution >= 0.6 is 11.3 Å². The molecule has 0 fully saturated rings. The van der Waals surface area contributed by atoms with Crippen molar-refractivity contribution in [2.75, 3.05) is 13.2 Å². The summed E-state index contributed by atoms with van der Waals surface area (Å²) < 4.78 is 54.1. The number of halogens is 4. The second kappa shape index (κ2) is 8.10. The summed E-state index contributed by atoms with van der Waals surface area (Å²) in [6.45, 7) is 6.33. The van der Waals surface area contributed by atoms with Crippen molar-refractivity contribution >= 4 is 11.3 Å². The highest BCUT2D eigenvalue weighted by Crippen LogP contribution is 2.25. The van der Waals surface area contributed by atoms with E-state index in [1.807, 2.05) is 13.0 Å². The van der Waals surface area contributed by atoms with E-state index in [1.165, 1.54) is 0 Å². The van der Waals surface area contributed by atoms with E-state index in [2.05, 4.69) is 19.2 Å². The van der Waals surface area contributed by atoms with Gasteiger partial charge in [-0.25, -0.2) is 8.78 Å². The number of ether oxygens (including phenoxy) is 1. The lowest BCUT2D eigenvalue weighted by atomic mass is 10.2. The Kier molecular flexibility index (Phi) is 7.09. The van der Waals surface area contributed by atoms with Gasteiger partial charge in [0.05, 0.1) is 6.61 Å². The number of aryl methyl sites for hydroxylation is 1. The number of hydrogen-bond donors (Lipinski definition) is 1. The average molecular weight is 327 g/mol. The van der Waals surface area contributed by atoms with Crippen LogP contribution in [0, 0.1) is 12.8 Å². The van der Waals surface area contributed by atoms with Crippen LogP contribution in [0.25, 0.3) is 0 Å². The van der Waals surface area contributed by atoms with Gasteiger partial charge in [0, 0.05) is 16.3 Å². The molecule has 2 nitrogen and oxygen atoms in total. The molecule has 1 heterocycles. The molecule has 0 spiro atoms. The molecule has 0 aromatic carbocycles. The summed E-state index contributed by atoms with van der Waals surface area (Å²) in [6, 6.07) is 1.87. The summed E-state index contributed by atoms with van der Waals surface area (Å²) in [4.78, 5) is 2.03. The maximum atomic E-state index is 12.7. The van der Waals surface area contributed by atoms with Crippen LogP contribution in [0.5, 0.6) is 0 Å². The molecule has 7 heteroatoms. The molecular weight excluding hydrogens is 306 g/mol. The van der Waals surface area contributed by atoms with Gasteiger partial charge in [0.1, 0.15) is 6.61 Å². The Balaban J connectivity index is 2.44. The minimum Gasteiger partial charge on any atom is -0.370 e. The van der Waals surface area contributed by atoms with Gasteiger partial charge in [0.25, 0.3) is 0 Å². The number of hydrogen-bond acceptors (Lipinski definition) is 3. The van der Waals surface area contributed by atoms with Crippen molar-refractivity contribution in [3.05, 3.63) is 21.4 Å². The van der Waals surface area contributed by atoms with Gasteiger partial charge in [0.2, 0.25) is 0 Å². The van der Waals surface area contributed by atoms with Gasteiger partial charge in [-0.3, -0.25) is 0 Å². The van der Waals surface area contributed by atoms with Gasteiger partial charge in [-0.2, -0.15) is 8.78 Å². The molecule has 122 valence electrons. The first-order valence-corrected chi connectivity index (χ1v) is 7.56.